The number of nitrogens with zero attached hydrogens (tertiary/aromatic N) is 2. The van der Waals surface area contributed by atoms with Crippen LogP contribution in [0.15, 0.2) is 47.4 Å². The molecule has 0 atom stereocenters. The number of hydrogen-bond donors (Lipinski definition) is 2. The second-order valence-electron chi connectivity index (χ2n) is 6.92. The summed E-state index contributed by atoms with van der Waals surface area (Å²) in [6, 6.07) is 11.9. The van der Waals surface area contributed by atoms with Gasteiger partial charge in [-0.2, -0.15) is 5.01 Å². The zero-order valence-corrected chi connectivity index (χ0v) is 17.3. The van der Waals surface area contributed by atoms with Crippen LogP contribution in [0, 0.1) is 0 Å². The standard InChI is InChI=1S/C21H19N3O3S2/c1-23-10-2-3-15-11-13(4-9-17(15)23)12-18-20(27)24(21(28)29-18)22-19(26)14-5-7-16(25)8-6-14/h4-9,11-12,25H,2-3,10H2,1H3,(H,22,26)/b18-12-. The number of aryl methyl sites for hydroxylation is 1. The maximum Gasteiger partial charge on any atom is 0.285 e. The fraction of sp³-hybridized carbons (Fsp3) is 0.190. The Labute approximate surface area is 178 Å². The van der Waals surface area contributed by atoms with Crippen molar-refractivity contribution >= 4 is 51.9 Å². The minimum absolute atomic E-state index is 0.0614. The molecule has 2 heterocycles. The Morgan fingerprint density at radius 2 is 2.00 bits per heavy atom. The fourth-order valence-electron chi connectivity index (χ4n) is 3.39. The normalized spacial score (nSPS) is 17.6. The Morgan fingerprint density at radius 3 is 2.76 bits per heavy atom. The van der Waals surface area contributed by atoms with Crippen LogP contribution >= 0.6 is 24.0 Å². The Hall–Kier alpha value is -2.84. The summed E-state index contributed by atoms with van der Waals surface area (Å²) in [4.78, 5) is 27.8. The Morgan fingerprint density at radius 1 is 1.24 bits per heavy atom. The number of carbonyl (C=O) groups excluding carboxylic acids is 2. The van der Waals surface area contributed by atoms with Crippen molar-refractivity contribution in [1.82, 2.24) is 10.4 Å². The molecule has 6 nitrogen and oxygen atoms in total. The highest BCUT2D eigenvalue weighted by Gasteiger charge is 2.33. The van der Waals surface area contributed by atoms with Gasteiger partial charge in [0, 0.05) is 24.8 Å². The van der Waals surface area contributed by atoms with Gasteiger partial charge in [-0.25, -0.2) is 0 Å². The number of phenolic OH excluding ortho intramolecular Hbond substituents is 1. The van der Waals surface area contributed by atoms with Crippen molar-refractivity contribution in [2.24, 2.45) is 0 Å². The molecule has 2 aromatic carbocycles. The number of phenols is 1. The van der Waals surface area contributed by atoms with Crippen LogP contribution in [0.5, 0.6) is 5.75 Å². The average molecular weight is 426 g/mol. The lowest BCUT2D eigenvalue weighted by atomic mass is 9.99. The quantitative estimate of drug-likeness (QED) is 0.581. The average Bonchev–Trinajstić information content (AvgIpc) is 2.96. The maximum atomic E-state index is 12.8. The first kappa shape index (κ1) is 19.5. The van der Waals surface area contributed by atoms with Crippen molar-refractivity contribution in [2.45, 2.75) is 12.8 Å². The molecule has 0 aromatic heterocycles. The molecule has 8 heteroatoms. The van der Waals surface area contributed by atoms with Crippen LogP contribution in [-0.4, -0.2) is 39.8 Å². The lowest BCUT2D eigenvalue weighted by molar-refractivity contribution is -0.123. The van der Waals surface area contributed by atoms with Crippen molar-refractivity contribution in [2.75, 3.05) is 18.5 Å². The number of nitrogens with one attached hydrogen (secondary N) is 1. The third-order valence-corrected chi connectivity index (χ3v) is 6.19. The van der Waals surface area contributed by atoms with E-state index in [-0.39, 0.29) is 16.0 Å². The number of amides is 2. The second kappa shape index (κ2) is 7.88. The molecular weight excluding hydrogens is 406 g/mol. The summed E-state index contributed by atoms with van der Waals surface area (Å²) in [5, 5.41) is 10.4. The number of hydrogen-bond acceptors (Lipinski definition) is 6. The second-order valence-corrected chi connectivity index (χ2v) is 8.59. The predicted octanol–water partition coefficient (Wildman–Crippen LogP) is 3.32. The van der Waals surface area contributed by atoms with Gasteiger partial charge in [0.1, 0.15) is 5.75 Å². The minimum Gasteiger partial charge on any atom is -0.508 e. The molecule has 0 aliphatic carbocycles. The van der Waals surface area contributed by atoms with E-state index in [2.05, 4.69) is 29.5 Å². The number of fused-ring (bicyclic) bond motifs is 1. The monoisotopic (exact) mass is 425 g/mol. The van der Waals surface area contributed by atoms with E-state index >= 15 is 0 Å². The van der Waals surface area contributed by atoms with Gasteiger partial charge in [-0.3, -0.25) is 15.0 Å². The van der Waals surface area contributed by atoms with Crippen molar-refractivity contribution in [3.63, 3.8) is 0 Å². The van der Waals surface area contributed by atoms with E-state index in [0.717, 1.165) is 41.7 Å². The first-order chi connectivity index (χ1) is 13.9. The van der Waals surface area contributed by atoms with Gasteiger partial charge in [-0.05, 0) is 78.7 Å². The highest BCUT2D eigenvalue weighted by atomic mass is 32.2. The van der Waals surface area contributed by atoms with Crippen molar-refractivity contribution in [3.8, 4) is 5.75 Å². The summed E-state index contributed by atoms with van der Waals surface area (Å²) in [5.74, 6) is -0.771. The van der Waals surface area contributed by atoms with E-state index in [4.69, 9.17) is 12.2 Å². The molecule has 1 saturated heterocycles. The third-order valence-electron chi connectivity index (χ3n) is 4.89. The Bertz CT molecular complexity index is 1030. The number of thioether (sulfide) groups is 1. The van der Waals surface area contributed by atoms with E-state index < -0.39 is 5.91 Å². The van der Waals surface area contributed by atoms with Crippen LogP contribution in [0.1, 0.15) is 27.9 Å². The van der Waals surface area contributed by atoms with Gasteiger partial charge >= 0.3 is 0 Å². The molecule has 2 aromatic rings. The van der Waals surface area contributed by atoms with Crippen LogP contribution in [0.25, 0.3) is 6.08 Å². The van der Waals surface area contributed by atoms with Gasteiger partial charge in [0.05, 0.1) is 4.91 Å². The van der Waals surface area contributed by atoms with E-state index in [1.807, 2.05) is 6.07 Å². The summed E-state index contributed by atoms with van der Waals surface area (Å²) in [7, 11) is 2.08. The Kier molecular flexibility index (Phi) is 5.29. The van der Waals surface area contributed by atoms with Crippen LogP contribution in [-0.2, 0) is 11.2 Å². The molecule has 4 rings (SSSR count). The summed E-state index contributed by atoms with van der Waals surface area (Å²) < 4.78 is 0.270. The molecule has 148 valence electrons. The minimum atomic E-state index is -0.473. The summed E-state index contributed by atoms with van der Waals surface area (Å²) in [6.07, 6.45) is 3.93. The number of hydrazine groups is 1. The SMILES string of the molecule is CN1CCCc2cc(/C=C3\SC(=S)N(NC(=O)c4ccc(O)cc4)C3=O)ccc21. The topological polar surface area (TPSA) is 72.9 Å². The van der Waals surface area contributed by atoms with E-state index in [1.54, 1.807) is 6.08 Å². The molecular formula is C21H19N3O3S2. The molecule has 0 spiro atoms. The molecule has 0 radical (unpaired) electrons. The smallest absolute Gasteiger partial charge is 0.285 e. The Balaban J connectivity index is 1.52. The van der Waals surface area contributed by atoms with Crippen LogP contribution < -0.4 is 10.3 Å². The van der Waals surface area contributed by atoms with Gasteiger partial charge in [-0.1, -0.05) is 17.8 Å². The van der Waals surface area contributed by atoms with Gasteiger partial charge in [-0.15, -0.1) is 0 Å². The lowest BCUT2D eigenvalue weighted by Crippen LogP contribution is -2.44. The molecule has 1 fully saturated rings. The molecule has 2 aliphatic rings. The number of benzene rings is 2. The number of carbonyl (C=O) groups is 2. The van der Waals surface area contributed by atoms with E-state index in [1.165, 1.54) is 35.5 Å². The number of anilines is 1. The van der Waals surface area contributed by atoms with Crippen molar-refractivity contribution in [1.29, 1.82) is 0 Å². The van der Waals surface area contributed by atoms with Gasteiger partial charge in [0.2, 0.25) is 0 Å². The lowest BCUT2D eigenvalue weighted by Gasteiger charge is -2.27. The molecule has 2 amide bonds. The molecule has 0 saturated carbocycles. The highest BCUT2D eigenvalue weighted by molar-refractivity contribution is 8.26. The third kappa shape index (κ3) is 3.99. The zero-order valence-electron chi connectivity index (χ0n) is 15.7. The predicted molar refractivity (Wildman–Crippen MR) is 119 cm³/mol. The first-order valence-electron chi connectivity index (χ1n) is 9.14. The molecule has 29 heavy (non-hydrogen) atoms. The van der Waals surface area contributed by atoms with Crippen LogP contribution in [0.2, 0.25) is 0 Å². The zero-order chi connectivity index (χ0) is 20.5. The maximum absolute atomic E-state index is 12.8. The first-order valence-corrected chi connectivity index (χ1v) is 10.4. The summed E-state index contributed by atoms with van der Waals surface area (Å²) in [6.45, 7) is 1.05. The summed E-state index contributed by atoms with van der Waals surface area (Å²) >= 11 is 6.44. The number of rotatable bonds is 3. The van der Waals surface area contributed by atoms with Crippen molar-refractivity contribution < 1.29 is 14.7 Å². The fourth-order valence-corrected chi connectivity index (χ4v) is 4.57. The van der Waals surface area contributed by atoms with E-state index in [0.29, 0.717) is 10.5 Å². The highest BCUT2D eigenvalue weighted by Crippen LogP contribution is 2.33. The molecule has 0 unspecified atom stereocenters. The largest absolute Gasteiger partial charge is 0.508 e. The van der Waals surface area contributed by atoms with Gasteiger partial charge < -0.3 is 10.0 Å². The van der Waals surface area contributed by atoms with Crippen molar-refractivity contribution in [3.05, 3.63) is 64.1 Å². The molecule has 2 aliphatic heterocycles. The van der Waals surface area contributed by atoms with Gasteiger partial charge in [0.25, 0.3) is 11.8 Å². The van der Waals surface area contributed by atoms with Gasteiger partial charge in [0.15, 0.2) is 4.32 Å². The van der Waals surface area contributed by atoms with E-state index in [9.17, 15) is 14.7 Å². The number of aromatic hydroxyl groups is 1. The van der Waals surface area contributed by atoms with Crippen LogP contribution in [0.4, 0.5) is 5.69 Å². The molecule has 0 bridgehead atoms. The number of thiocarbonyl (C=S) groups is 1. The summed E-state index contributed by atoms with van der Waals surface area (Å²) in [5.41, 5.74) is 6.28. The van der Waals surface area contributed by atoms with Crippen LogP contribution in [0.3, 0.4) is 0 Å². The molecule has 2 N–H and O–H groups in total.